The molecule has 106 valence electrons. The third-order valence-corrected chi connectivity index (χ3v) is 3.19. The average Bonchev–Trinajstić information content (AvgIpc) is 3.04. The molecule has 0 fully saturated rings. The van der Waals surface area contributed by atoms with E-state index in [1.807, 2.05) is 29.1 Å². The van der Waals surface area contributed by atoms with Gasteiger partial charge in [-0.2, -0.15) is 5.10 Å². The molecule has 3 rings (SSSR count). The summed E-state index contributed by atoms with van der Waals surface area (Å²) < 4.78 is 12.6. The van der Waals surface area contributed by atoms with Crippen LogP contribution in [0.5, 0.6) is 11.5 Å². The number of ether oxygens (including phenoxy) is 2. The fourth-order valence-corrected chi connectivity index (χ4v) is 2.03. The van der Waals surface area contributed by atoms with Crippen molar-refractivity contribution >= 4 is 5.69 Å². The number of benzene rings is 1. The molecule has 0 radical (unpaired) electrons. The SMILES string of the molecule is CC(C)(C)n1cc(CNc2ccc3c(c2)OCO3)cn1. The molecule has 1 aliphatic heterocycles. The number of hydrogen-bond acceptors (Lipinski definition) is 4. The Morgan fingerprint density at radius 2 is 2.05 bits per heavy atom. The second kappa shape index (κ2) is 4.74. The van der Waals surface area contributed by atoms with E-state index in [0.29, 0.717) is 6.79 Å². The zero-order valence-electron chi connectivity index (χ0n) is 12.0. The highest BCUT2D eigenvalue weighted by atomic mass is 16.7. The van der Waals surface area contributed by atoms with Gasteiger partial charge >= 0.3 is 0 Å². The lowest BCUT2D eigenvalue weighted by atomic mass is 10.1. The molecule has 20 heavy (non-hydrogen) atoms. The van der Waals surface area contributed by atoms with Crippen molar-refractivity contribution in [2.24, 2.45) is 0 Å². The molecule has 2 aromatic rings. The van der Waals surface area contributed by atoms with Crippen LogP contribution in [0.15, 0.2) is 30.6 Å². The fourth-order valence-electron chi connectivity index (χ4n) is 2.03. The van der Waals surface area contributed by atoms with E-state index in [1.165, 1.54) is 0 Å². The number of nitrogens with zero attached hydrogens (tertiary/aromatic N) is 2. The van der Waals surface area contributed by atoms with Crippen LogP contribution in [-0.4, -0.2) is 16.6 Å². The predicted molar refractivity (Wildman–Crippen MR) is 77.1 cm³/mol. The summed E-state index contributed by atoms with van der Waals surface area (Å²) in [5.41, 5.74) is 2.17. The molecule has 0 atom stereocenters. The Bertz CT molecular complexity index is 614. The minimum atomic E-state index is 0.0109. The van der Waals surface area contributed by atoms with Crippen molar-refractivity contribution in [3.05, 3.63) is 36.2 Å². The van der Waals surface area contributed by atoms with Crippen LogP contribution in [0.3, 0.4) is 0 Å². The number of rotatable bonds is 3. The summed E-state index contributed by atoms with van der Waals surface area (Å²) in [5.74, 6) is 1.59. The summed E-state index contributed by atoms with van der Waals surface area (Å²) >= 11 is 0. The van der Waals surface area contributed by atoms with Crippen LogP contribution in [0.25, 0.3) is 0 Å². The molecule has 0 saturated heterocycles. The Hall–Kier alpha value is -2.17. The second-order valence-electron chi connectivity index (χ2n) is 5.89. The molecule has 1 aliphatic rings. The van der Waals surface area contributed by atoms with Crippen molar-refractivity contribution in [3.8, 4) is 11.5 Å². The van der Waals surface area contributed by atoms with E-state index >= 15 is 0 Å². The van der Waals surface area contributed by atoms with E-state index in [4.69, 9.17) is 9.47 Å². The Kier molecular flexibility index (Phi) is 3.04. The van der Waals surface area contributed by atoms with E-state index in [-0.39, 0.29) is 5.54 Å². The van der Waals surface area contributed by atoms with Crippen LogP contribution in [0.1, 0.15) is 26.3 Å². The molecule has 0 unspecified atom stereocenters. The van der Waals surface area contributed by atoms with Crippen molar-refractivity contribution in [1.29, 1.82) is 0 Å². The molecule has 5 heteroatoms. The maximum absolute atomic E-state index is 5.36. The number of fused-ring (bicyclic) bond motifs is 1. The molecule has 2 heterocycles. The molecule has 1 aromatic carbocycles. The monoisotopic (exact) mass is 273 g/mol. The Morgan fingerprint density at radius 3 is 2.80 bits per heavy atom. The summed E-state index contributed by atoms with van der Waals surface area (Å²) in [4.78, 5) is 0. The van der Waals surface area contributed by atoms with Crippen LogP contribution in [0.4, 0.5) is 5.69 Å². The molecular weight excluding hydrogens is 254 g/mol. The first-order valence-corrected chi connectivity index (χ1v) is 6.70. The van der Waals surface area contributed by atoms with E-state index < -0.39 is 0 Å². The summed E-state index contributed by atoms with van der Waals surface area (Å²) in [6.45, 7) is 7.44. The van der Waals surface area contributed by atoms with E-state index in [1.54, 1.807) is 0 Å². The Labute approximate surface area is 118 Å². The van der Waals surface area contributed by atoms with Gasteiger partial charge in [0.2, 0.25) is 6.79 Å². The minimum absolute atomic E-state index is 0.0109. The van der Waals surface area contributed by atoms with Gasteiger partial charge in [0, 0.05) is 30.1 Å². The summed E-state index contributed by atoms with van der Waals surface area (Å²) in [6.07, 6.45) is 3.96. The van der Waals surface area contributed by atoms with Gasteiger partial charge < -0.3 is 14.8 Å². The molecule has 0 bridgehead atoms. The Balaban J connectivity index is 1.66. The minimum Gasteiger partial charge on any atom is -0.454 e. The zero-order valence-corrected chi connectivity index (χ0v) is 12.0. The lowest BCUT2D eigenvalue weighted by molar-refractivity contribution is 0.174. The highest BCUT2D eigenvalue weighted by Gasteiger charge is 2.15. The van der Waals surface area contributed by atoms with E-state index in [2.05, 4.69) is 37.4 Å². The van der Waals surface area contributed by atoms with Gasteiger partial charge in [-0.25, -0.2) is 0 Å². The highest BCUT2D eigenvalue weighted by Crippen LogP contribution is 2.34. The summed E-state index contributed by atoms with van der Waals surface area (Å²) in [5, 5.41) is 7.76. The second-order valence-corrected chi connectivity index (χ2v) is 5.89. The van der Waals surface area contributed by atoms with Gasteiger partial charge in [0.1, 0.15) is 0 Å². The first-order valence-electron chi connectivity index (χ1n) is 6.70. The first-order chi connectivity index (χ1) is 9.52. The summed E-state index contributed by atoms with van der Waals surface area (Å²) in [6, 6.07) is 5.86. The molecule has 0 saturated carbocycles. The maximum atomic E-state index is 5.36. The van der Waals surface area contributed by atoms with Crippen molar-refractivity contribution in [3.63, 3.8) is 0 Å². The van der Waals surface area contributed by atoms with Crippen LogP contribution in [0.2, 0.25) is 0 Å². The van der Waals surface area contributed by atoms with E-state index in [9.17, 15) is 0 Å². The third kappa shape index (κ3) is 2.57. The highest BCUT2D eigenvalue weighted by molar-refractivity contribution is 5.55. The molecule has 0 spiro atoms. The predicted octanol–water partition coefficient (Wildman–Crippen LogP) is 2.98. The van der Waals surface area contributed by atoms with Crippen molar-refractivity contribution in [2.75, 3.05) is 12.1 Å². The molecular formula is C15H19N3O2. The average molecular weight is 273 g/mol. The molecule has 0 amide bonds. The van der Waals surface area contributed by atoms with Crippen LogP contribution < -0.4 is 14.8 Å². The van der Waals surface area contributed by atoms with Crippen LogP contribution in [0, 0.1) is 0 Å². The van der Waals surface area contributed by atoms with E-state index in [0.717, 1.165) is 29.3 Å². The van der Waals surface area contributed by atoms with Crippen molar-refractivity contribution < 1.29 is 9.47 Å². The van der Waals surface area contributed by atoms with Gasteiger partial charge in [0.15, 0.2) is 11.5 Å². The zero-order chi connectivity index (χ0) is 14.2. The molecule has 5 nitrogen and oxygen atoms in total. The van der Waals surface area contributed by atoms with Gasteiger partial charge in [-0.05, 0) is 32.9 Å². The lowest BCUT2D eigenvalue weighted by Gasteiger charge is -2.18. The van der Waals surface area contributed by atoms with Gasteiger partial charge in [-0.15, -0.1) is 0 Å². The molecule has 1 N–H and O–H groups in total. The van der Waals surface area contributed by atoms with Crippen LogP contribution >= 0.6 is 0 Å². The molecule has 1 aromatic heterocycles. The summed E-state index contributed by atoms with van der Waals surface area (Å²) in [7, 11) is 0. The largest absolute Gasteiger partial charge is 0.454 e. The smallest absolute Gasteiger partial charge is 0.231 e. The maximum Gasteiger partial charge on any atom is 0.231 e. The van der Waals surface area contributed by atoms with Crippen molar-refractivity contribution in [2.45, 2.75) is 32.9 Å². The third-order valence-electron chi connectivity index (χ3n) is 3.19. The van der Waals surface area contributed by atoms with Crippen molar-refractivity contribution in [1.82, 2.24) is 9.78 Å². The van der Waals surface area contributed by atoms with Gasteiger partial charge in [-0.1, -0.05) is 0 Å². The lowest BCUT2D eigenvalue weighted by Crippen LogP contribution is -2.21. The Morgan fingerprint density at radius 1 is 1.25 bits per heavy atom. The first kappa shape index (κ1) is 12.8. The quantitative estimate of drug-likeness (QED) is 0.934. The number of aromatic nitrogens is 2. The topological polar surface area (TPSA) is 48.3 Å². The van der Waals surface area contributed by atoms with Crippen LogP contribution in [-0.2, 0) is 12.1 Å². The number of anilines is 1. The van der Waals surface area contributed by atoms with Gasteiger partial charge in [0.25, 0.3) is 0 Å². The normalized spacial score (nSPS) is 13.6. The number of hydrogen-bond donors (Lipinski definition) is 1. The fraction of sp³-hybridized carbons (Fsp3) is 0.400. The number of nitrogens with one attached hydrogen (secondary N) is 1. The van der Waals surface area contributed by atoms with Gasteiger partial charge in [-0.3, -0.25) is 4.68 Å². The molecule has 0 aliphatic carbocycles. The standard InChI is InChI=1S/C15H19N3O2/c1-15(2,3)18-9-11(8-17-18)7-16-12-4-5-13-14(6-12)20-10-19-13/h4-6,8-9,16H,7,10H2,1-3H3. The van der Waals surface area contributed by atoms with Gasteiger partial charge in [0.05, 0.1) is 11.7 Å².